The lowest BCUT2D eigenvalue weighted by Gasteiger charge is -2.11. The predicted octanol–water partition coefficient (Wildman–Crippen LogP) is 1.86. The Morgan fingerprint density at radius 1 is 1.47 bits per heavy atom. The first kappa shape index (κ1) is 10.3. The summed E-state index contributed by atoms with van der Waals surface area (Å²) in [7, 11) is 1.93. The Balaban J connectivity index is 2.02. The molecular weight excluding hydrogens is 214 g/mol. The first-order valence-electron chi connectivity index (χ1n) is 5.82. The quantitative estimate of drug-likeness (QED) is 0.854. The molecule has 0 unspecified atom stereocenters. The fraction of sp³-hybridized carbons (Fsp3) is 0.385. The van der Waals surface area contributed by atoms with Gasteiger partial charge in [0.25, 0.3) is 5.91 Å². The average Bonchev–Trinajstić information content (AvgIpc) is 2.90. The Kier molecular flexibility index (Phi) is 2.02. The number of carbonyl (C=O) groups is 1. The van der Waals surface area contributed by atoms with Crippen molar-refractivity contribution in [3.8, 4) is 0 Å². The van der Waals surface area contributed by atoms with Gasteiger partial charge in [-0.2, -0.15) is 0 Å². The van der Waals surface area contributed by atoms with Crippen molar-refractivity contribution in [1.82, 2.24) is 14.9 Å². The number of aromatic nitrogens is 2. The van der Waals surface area contributed by atoms with Gasteiger partial charge in [-0.25, -0.2) is 4.98 Å². The van der Waals surface area contributed by atoms with Crippen LogP contribution in [0.3, 0.4) is 0 Å². The van der Waals surface area contributed by atoms with Gasteiger partial charge < -0.3 is 9.88 Å². The van der Waals surface area contributed by atoms with Gasteiger partial charge in [-0.1, -0.05) is 6.07 Å². The molecule has 1 N–H and O–H groups in total. The molecule has 88 valence electrons. The molecule has 0 saturated heterocycles. The average molecular weight is 229 g/mol. The van der Waals surface area contributed by atoms with Gasteiger partial charge >= 0.3 is 0 Å². The van der Waals surface area contributed by atoms with Crippen molar-refractivity contribution in [1.29, 1.82) is 0 Å². The Bertz CT molecular complexity index is 596. The smallest absolute Gasteiger partial charge is 0.253 e. The largest absolute Gasteiger partial charge is 0.347 e. The number of hydrogen-bond acceptors (Lipinski definition) is 2. The summed E-state index contributed by atoms with van der Waals surface area (Å²) in [6, 6.07) is 5.70. The van der Waals surface area contributed by atoms with Crippen LogP contribution in [-0.2, 0) is 7.05 Å². The molecule has 1 aliphatic rings. The molecule has 0 radical (unpaired) electrons. The van der Waals surface area contributed by atoms with E-state index in [0.29, 0.717) is 5.56 Å². The Morgan fingerprint density at radius 3 is 2.94 bits per heavy atom. The van der Waals surface area contributed by atoms with E-state index < -0.39 is 0 Å². The summed E-state index contributed by atoms with van der Waals surface area (Å²) in [4.78, 5) is 16.5. The van der Waals surface area contributed by atoms with E-state index >= 15 is 0 Å². The molecule has 1 aliphatic carbocycles. The summed E-state index contributed by atoms with van der Waals surface area (Å²) in [5.41, 5.74) is 2.43. The Morgan fingerprint density at radius 2 is 2.24 bits per heavy atom. The molecule has 1 amide bonds. The number of aryl methyl sites for hydroxylation is 1. The van der Waals surface area contributed by atoms with Crippen LogP contribution >= 0.6 is 0 Å². The maximum Gasteiger partial charge on any atom is 0.253 e. The predicted molar refractivity (Wildman–Crippen MR) is 65.8 cm³/mol. The highest BCUT2D eigenvalue weighted by Gasteiger charge is 2.39. The lowest BCUT2D eigenvalue weighted by atomic mass is 10.1. The van der Waals surface area contributed by atoms with Crippen LogP contribution < -0.4 is 5.32 Å². The number of nitrogens with one attached hydrogen (secondary N) is 1. The molecule has 0 aliphatic heterocycles. The normalized spacial score (nSPS) is 17.1. The van der Waals surface area contributed by atoms with Crippen molar-refractivity contribution in [3.05, 3.63) is 30.1 Å². The molecule has 0 atom stereocenters. The second-order valence-corrected chi connectivity index (χ2v) is 5.04. The van der Waals surface area contributed by atoms with E-state index in [1.807, 2.05) is 29.8 Å². The van der Waals surface area contributed by atoms with E-state index in [2.05, 4.69) is 17.2 Å². The molecule has 17 heavy (non-hydrogen) atoms. The molecule has 4 nitrogen and oxygen atoms in total. The summed E-state index contributed by atoms with van der Waals surface area (Å²) in [5, 5.41) is 3.06. The van der Waals surface area contributed by atoms with E-state index in [1.165, 1.54) is 0 Å². The van der Waals surface area contributed by atoms with E-state index in [-0.39, 0.29) is 11.4 Å². The van der Waals surface area contributed by atoms with E-state index in [4.69, 9.17) is 0 Å². The third-order valence-corrected chi connectivity index (χ3v) is 3.41. The molecule has 1 aromatic carbocycles. The number of para-hydroxylation sites is 1. The summed E-state index contributed by atoms with van der Waals surface area (Å²) in [6.45, 7) is 2.07. The Labute approximate surface area is 99.6 Å². The number of nitrogens with zero attached hydrogens (tertiary/aromatic N) is 2. The number of hydrogen-bond donors (Lipinski definition) is 1. The van der Waals surface area contributed by atoms with Crippen molar-refractivity contribution in [2.45, 2.75) is 25.3 Å². The van der Waals surface area contributed by atoms with Crippen LogP contribution in [0, 0.1) is 0 Å². The monoisotopic (exact) mass is 229 g/mol. The van der Waals surface area contributed by atoms with Crippen LogP contribution in [0.1, 0.15) is 30.1 Å². The van der Waals surface area contributed by atoms with Crippen LogP contribution in [0.15, 0.2) is 24.5 Å². The standard InChI is InChI=1S/C13H15N3O/c1-13(6-7-13)15-12(17)9-4-3-5-10-11(9)14-8-16(10)2/h3-5,8H,6-7H2,1-2H3,(H,15,17). The highest BCUT2D eigenvalue weighted by atomic mass is 16.1. The van der Waals surface area contributed by atoms with E-state index in [1.54, 1.807) is 6.33 Å². The van der Waals surface area contributed by atoms with Gasteiger partial charge in [0.2, 0.25) is 0 Å². The van der Waals surface area contributed by atoms with Gasteiger partial charge in [0.1, 0.15) is 5.52 Å². The van der Waals surface area contributed by atoms with Gasteiger partial charge in [-0.05, 0) is 31.9 Å². The van der Waals surface area contributed by atoms with Crippen LogP contribution in [-0.4, -0.2) is 21.0 Å². The zero-order valence-electron chi connectivity index (χ0n) is 10.0. The van der Waals surface area contributed by atoms with Crippen molar-refractivity contribution < 1.29 is 4.79 Å². The van der Waals surface area contributed by atoms with Crippen molar-refractivity contribution in [2.24, 2.45) is 7.05 Å². The second kappa shape index (κ2) is 3.32. The molecule has 1 heterocycles. The highest BCUT2D eigenvalue weighted by Crippen LogP contribution is 2.34. The molecular formula is C13H15N3O. The number of imidazole rings is 1. The van der Waals surface area contributed by atoms with Crippen molar-refractivity contribution in [3.63, 3.8) is 0 Å². The van der Waals surface area contributed by atoms with Crippen molar-refractivity contribution in [2.75, 3.05) is 0 Å². The molecule has 4 heteroatoms. The maximum atomic E-state index is 12.2. The molecule has 1 saturated carbocycles. The minimum atomic E-state index is -0.0192. The van der Waals surface area contributed by atoms with Crippen LogP contribution in [0.25, 0.3) is 11.0 Å². The zero-order chi connectivity index (χ0) is 12.0. The van der Waals surface area contributed by atoms with Gasteiger partial charge in [0, 0.05) is 12.6 Å². The Hall–Kier alpha value is -1.84. The second-order valence-electron chi connectivity index (χ2n) is 5.04. The van der Waals surface area contributed by atoms with Crippen molar-refractivity contribution >= 4 is 16.9 Å². The van der Waals surface area contributed by atoms with Crippen LogP contribution in [0.4, 0.5) is 0 Å². The number of benzene rings is 1. The topological polar surface area (TPSA) is 46.9 Å². The van der Waals surface area contributed by atoms with Crippen LogP contribution in [0.5, 0.6) is 0 Å². The lowest BCUT2D eigenvalue weighted by Crippen LogP contribution is -2.34. The summed E-state index contributed by atoms with van der Waals surface area (Å²) >= 11 is 0. The highest BCUT2D eigenvalue weighted by molar-refractivity contribution is 6.05. The number of rotatable bonds is 2. The number of amides is 1. The molecule has 1 fully saturated rings. The first-order valence-corrected chi connectivity index (χ1v) is 5.82. The minimum Gasteiger partial charge on any atom is -0.347 e. The third kappa shape index (κ3) is 1.69. The molecule has 0 spiro atoms. The summed E-state index contributed by atoms with van der Waals surface area (Å²) in [6.07, 6.45) is 3.87. The number of carbonyl (C=O) groups excluding carboxylic acids is 1. The molecule has 0 bridgehead atoms. The number of fused-ring (bicyclic) bond motifs is 1. The molecule has 3 rings (SSSR count). The van der Waals surface area contributed by atoms with Gasteiger partial charge in [-0.15, -0.1) is 0 Å². The first-order chi connectivity index (χ1) is 8.09. The summed E-state index contributed by atoms with van der Waals surface area (Å²) in [5.74, 6) is -0.0192. The van der Waals surface area contributed by atoms with Gasteiger partial charge in [0.15, 0.2) is 0 Å². The molecule has 1 aromatic heterocycles. The third-order valence-electron chi connectivity index (χ3n) is 3.41. The zero-order valence-corrected chi connectivity index (χ0v) is 10.0. The van der Waals surface area contributed by atoms with Gasteiger partial charge in [-0.3, -0.25) is 4.79 Å². The van der Waals surface area contributed by atoms with Gasteiger partial charge in [0.05, 0.1) is 17.4 Å². The maximum absolute atomic E-state index is 12.2. The summed E-state index contributed by atoms with van der Waals surface area (Å²) < 4.78 is 1.92. The molecule has 2 aromatic rings. The van der Waals surface area contributed by atoms with Crippen LogP contribution in [0.2, 0.25) is 0 Å². The van der Waals surface area contributed by atoms with E-state index in [9.17, 15) is 4.79 Å². The van der Waals surface area contributed by atoms with E-state index in [0.717, 1.165) is 23.9 Å². The minimum absolute atomic E-state index is 0.00796. The fourth-order valence-electron chi connectivity index (χ4n) is 2.00. The lowest BCUT2D eigenvalue weighted by molar-refractivity contribution is 0.0937. The fourth-order valence-corrected chi connectivity index (χ4v) is 2.00. The SMILES string of the molecule is Cn1cnc2c(C(=O)NC3(C)CC3)cccc21.